The van der Waals surface area contributed by atoms with Gasteiger partial charge in [-0.2, -0.15) is 0 Å². The molecule has 2 aromatic rings. The summed E-state index contributed by atoms with van der Waals surface area (Å²) in [6.07, 6.45) is 0. The van der Waals surface area contributed by atoms with E-state index in [1.165, 1.54) is 6.07 Å². The van der Waals surface area contributed by atoms with Gasteiger partial charge in [-0.05, 0) is 31.2 Å². The minimum atomic E-state index is -0.199. The second kappa shape index (κ2) is 7.09. The van der Waals surface area contributed by atoms with Crippen LogP contribution in [0.3, 0.4) is 0 Å². The highest BCUT2D eigenvalue weighted by Gasteiger charge is 2.11. The van der Waals surface area contributed by atoms with Gasteiger partial charge in [-0.1, -0.05) is 18.2 Å². The van der Waals surface area contributed by atoms with Crippen molar-refractivity contribution in [2.24, 2.45) is 0 Å². The highest BCUT2D eigenvalue weighted by molar-refractivity contribution is 5.40. The predicted octanol–water partition coefficient (Wildman–Crippen LogP) is 3.69. The summed E-state index contributed by atoms with van der Waals surface area (Å²) < 4.78 is 24.3. The van der Waals surface area contributed by atoms with Crippen LogP contribution in [0.2, 0.25) is 0 Å². The van der Waals surface area contributed by atoms with Gasteiger partial charge in [0.05, 0.1) is 14.2 Å². The number of halogens is 1. The molecule has 0 saturated carbocycles. The SMILES string of the molecule is COc1ccc(OC)c(CNC(C)c2ccccc2F)c1. The Hall–Kier alpha value is -2.07. The lowest BCUT2D eigenvalue weighted by Crippen LogP contribution is -2.19. The van der Waals surface area contributed by atoms with Crippen LogP contribution in [-0.2, 0) is 6.54 Å². The predicted molar refractivity (Wildman–Crippen MR) is 81.2 cm³/mol. The van der Waals surface area contributed by atoms with Gasteiger partial charge in [0.2, 0.25) is 0 Å². The topological polar surface area (TPSA) is 30.5 Å². The quantitative estimate of drug-likeness (QED) is 0.879. The Bertz CT molecular complexity index is 601. The van der Waals surface area contributed by atoms with Crippen molar-refractivity contribution in [2.45, 2.75) is 19.5 Å². The lowest BCUT2D eigenvalue weighted by Gasteiger charge is -2.17. The zero-order valence-corrected chi connectivity index (χ0v) is 12.5. The third-order valence-corrected chi connectivity index (χ3v) is 3.46. The molecule has 0 saturated heterocycles. The van der Waals surface area contributed by atoms with Crippen molar-refractivity contribution in [2.75, 3.05) is 14.2 Å². The molecule has 1 atom stereocenters. The average molecular weight is 289 g/mol. The summed E-state index contributed by atoms with van der Waals surface area (Å²) in [5, 5.41) is 3.31. The Morgan fingerprint density at radius 3 is 2.52 bits per heavy atom. The van der Waals surface area contributed by atoms with Crippen LogP contribution >= 0.6 is 0 Å². The maximum atomic E-state index is 13.7. The minimum Gasteiger partial charge on any atom is -0.497 e. The molecule has 1 unspecified atom stereocenters. The Labute approximate surface area is 124 Å². The van der Waals surface area contributed by atoms with Crippen molar-refractivity contribution < 1.29 is 13.9 Å². The first-order chi connectivity index (χ1) is 10.2. The molecule has 0 spiro atoms. The van der Waals surface area contributed by atoms with Crippen LogP contribution in [0.15, 0.2) is 42.5 Å². The maximum absolute atomic E-state index is 13.7. The molecule has 0 heterocycles. The lowest BCUT2D eigenvalue weighted by molar-refractivity contribution is 0.395. The van der Waals surface area contributed by atoms with Crippen LogP contribution in [0.4, 0.5) is 4.39 Å². The first-order valence-electron chi connectivity index (χ1n) is 6.84. The second-order valence-corrected chi connectivity index (χ2v) is 4.80. The fourth-order valence-corrected chi connectivity index (χ4v) is 2.22. The summed E-state index contributed by atoms with van der Waals surface area (Å²) in [6, 6.07) is 12.3. The summed E-state index contributed by atoms with van der Waals surface area (Å²) in [7, 11) is 3.26. The van der Waals surface area contributed by atoms with Crippen LogP contribution < -0.4 is 14.8 Å². The van der Waals surface area contributed by atoms with Gasteiger partial charge in [0.25, 0.3) is 0 Å². The Kier molecular flexibility index (Phi) is 5.17. The van der Waals surface area contributed by atoms with Gasteiger partial charge in [0, 0.05) is 23.7 Å². The molecular formula is C17H20FNO2. The third-order valence-electron chi connectivity index (χ3n) is 3.46. The van der Waals surface area contributed by atoms with Crippen molar-refractivity contribution in [1.29, 1.82) is 0 Å². The number of rotatable bonds is 6. The molecule has 3 nitrogen and oxygen atoms in total. The molecule has 21 heavy (non-hydrogen) atoms. The zero-order chi connectivity index (χ0) is 15.2. The first kappa shape index (κ1) is 15.3. The van der Waals surface area contributed by atoms with E-state index in [9.17, 15) is 4.39 Å². The van der Waals surface area contributed by atoms with Gasteiger partial charge in [0.1, 0.15) is 17.3 Å². The van der Waals surface area contributed by atoms with Gasteiger partial charge < -0.3 is 14.8 Å². The molecule has 0 aromatic heterocycles. The van der Waals surface area contributed by atoms with Crippen LogP contribution in [0.1, 0.15) is 24.1 Å². The number of nitrogens with one attached hydrogen (secondary N) is 1. The first-order valence-corrected chi connectivity index (χ1v) is 6.84. The van der Waals surface area contributed by atoms with Gasteiger partial charge in [-0.25, -0.2) is 4.39 Å². The van der Waals surface area contributed by atoms with E-state index in [1.54, 1.807) is 26.4 Å². The number of methoxy groups -OCH3 is 2. The number of hydrogen-bond donors (Lipinski definition) is 1. The standard InChI is InChI=1S/C17H20FNO2/c1-12(15-6-4-5-7-16(15)18)19-11-13-10-14(20-2)8-9-17(13)21-3/h4-10,12,19H,11H2,1-3H3. The molecule has 0 bridgehead atoms. The Morgan fingerprint density at radius 2 is 1.86 bits per heavy atom. The molecule has 0 aliphatic carbocycles. The van der Waals surface area contributed by atoms with Gasteiger partial charge in [-0.3, -0.25) is 0 Å². The molecule has 0 aliphatic rings. The molecule has 112 valence electrons. The average Bonchev–Trinajstić information content (AvgIpc) is 2.52. The summed E-state index contributed by atoms with van der Waals surface area (Å²) in [5.74, 6) is 1.35. The van der Waals surface area contributed by atoms with Gasteiger partial charge >= 0.3 is 0 Å². The summed E-state index contributed by atoms with van der Waals surface area (Å²) in [6.45, 7) is 2.50. The third kappa shape index (κ3) is 3.73. The fraction of sp³-hybridized carbons (Fsp3) is 0.294. The number of ether oxygens (including phenoxy) is 2. The highest BCUT2D eigenvalue weighted by atomic mass is 19.1. The Balaban J connectivity index is 2.10. The normalized spacial score (nSPS) is 12.0. The minimum absolute atomic E-state index is 0.0953. The van der Waals surface area contributed by atoms with Crippen molar-refractivity contribution in [3.63, 3.8) is 0 Å². The van der Waals surface area contributed by atoms with E-state index in [0.717, 1.165) is 17.1 Å². The van der Waals surface area contributed by atoms with Gasteiger partial charge in [-0.15, -0.1) is 0 Å². The van der Waals surface area contributed by atoms with Crippen molar-refractivity contribution >= 4 is 0 Å². The molecular weight excluding hydrogens is 269 g/mol. The summed E-state index contributed by atoms with van der Waals surface area (Å²) in [4.78, 5) is 0. The molecule has 2 rings (SSSR count). The van der Waals surface area contributed by atoms with Crippen LogP contribution in [-0.4, -0.2) is 14.2 Å². The summed E-state index contributed by atoms with van der Waals surface area (Å²) in [5.41, 5.74) is 1.62. The smallest absolute Gasteiger partial charge is 0.127 e. The second-order valence-electron chi connectivity index (χ2n) is 4.80. The molecule has 1 N–H and O–H groups in total. The van der Waals surface area contributed by atoms with Crippen molar-refractivity contribution in [1.82, 2.24) is 5.32 Å². The molecule has 0 amide bonds. The van der Waals surface area contributed by atoms with Crippen LogP contribution in [0, 0.1) is 5.82 Å². The van der Waals surface area contributed by atoms with E-state index in [1.807, 2.05) is 31.2 Å². The van der Waals surface area contributed by atoms with E-state index in [4.69, 9.17) is 9.47 Å². The van der Waals surface area contributed by atoms with Gasteiger partial charge in [0.15, 0.2) is 0 Å². The van der Waals surface area contributed by atoms with E-state index in [0.29, 0.717) is 12.1 Å². The van der Waals surface area contributed by atoms with Crippen LogP contribution in [0.25, 0.3) is 0 Å². The number of hydrogen-bond acceptors (Lipinski definition) is 3. The molecule has 0 radical (unpaired) electrons. The number of benzene rings is 2. The maximum Gasteiger partial charge on any atom is 0.127 e. The molecule has 0 aliphatic heterocycles. The van der Waals surface area contributed by atoms with E-state index in [2.05, 4.69) is 5.32 Å². The van der Waals surface area contributed by atoms with Crippen LogP contribution in [0.5, 0.6) is 11.5 Å². The summed E-state index contributed by atoms with van der Waals surface area (Å²) >= 11 is 0. The molecule has 0 fully saturated rings. The zero-order valence-electron chi connectivity index (χ0n) is 12.5. The highest BCUT2D eigenvalue weighted by Crippen LogP contribution is 2.25. The van der Waals surface area contributed by atoms with E-state index >= 15 is 0 Å². The van der Waals surface area contributed by atoms with E-state index in [-0.39, 0.29) is 11.9 Å². The van der Waals surface area contributed by atoms with Crippen molar-refractivity contribution in [3.8, 4) is 11.5 Å². The molecule has 2 aromatic carbocycles. The van der Waals surface area contributed by atoms with Crippen molar-refractivity contribution in [3.05, 3.63) is 59.4 Å². The monoisotopic (exact) mass is 289 g/mol. The molecule has 4 heteroatoms. The lowest BCUT2D eigenvalue weighted by atomic mass is 10.1. The Morgan fingerprint density at radius 1 is 1.10 bits per heavy atom. The largest absolute Gasteiger partial charge is 0.497 e. The fourth-order valence-electron chi connectivity index (χ4n) is 2.22. The van der Waals surface area contributed by atoms with E-state index < -0.39 is 0 Å².